The fourth-order valence-corrected chi connectivity index (χ4v) is 10.4. The molecule has 1 amide bonds. The van der Waals surface area contributed by atoms with E-state index in [-0.39, 0.29) is 62.1 Å². The molecule has 4 aliphatic rings. The summed E-state index contributed by atoms with van der Waals surface area (Å²) in [7, 11) is 4.18. The maximum atomic E-state index is 14.4. The number of rotatable bonds is 7. The average molecular weight is 1010 g/mol. The van der Waals surface area contributed by atoms with Gasteiger partial charge in [0.2, 0.25) is 5.79 Å². The zero-order valence-electron chi connectivity index (χ0n) is 43.1. The number of halogens is 3. The Balaban J connectivity index is 1.70. The Labute approximate surface area is 416 Å². The van der Waals surface area contributed by atoms with E-state index < -0.39 is 108 Å². The number of cyclic esters (lactones) is 1. The number of hydrogen-bond donors (Lipinski definition) is 2. The lowest BCUT2D eigenvalue weighted by atomic mass is 9.78. The summed E-state index contributed by atoms with van der Waals surface area (Å²) in [5, 5.41) is 23.4. The number of esters is 2. The fourth-order valence-electron chi connectivity index (χ4n) is 10.4. The highest BCUT2D eigenvalue weighted by Gasteiger charge is 2.53. The standard InChI is InChI=1S/C53H78F3NO14/c1-30-16-12-11-13-17-31(2)42(66-8)28-38-21-19-36(7)52(65,71-38)48(61)49(62)57-23-15-14-18-39(57)50(63)69-43(29-40(58)32(3)25-35(6)46(60)47(68-10)45(59)34(5)24-30)33(4)26-37-20-22-41(44(27-37)67-9)70-51(64)53(54,55)56/h11-13,16-17,25,30,32-34,36-39,41-44,46-47,60,65H,14-15,18-24,26-29H2,1-10H3/b13-11+,16-12-,31-17+,35-25+/t30-,32-,33-,34-,36-,37+,38+,39+,41-,42+,43+,44-,46-,47+,52-/m1/s1. The third-order valence-electron chi connectivity index (χ3n) is 14.9. The highest BCUT2D eigenvalue weighted by molar-refractivity contribution is 6.39. The maximum Gasteiger partial charge on any atom is 0.490 e. The van der Waals surface area contributed by atoms with Crippen molar-refractivity contribution in [1.82, 2.24) is 4.90 Å². The van der Waals surface area contributed by atoms with Crippen molar-refractivity contribution < 1.29 is 80.6 Å². The minimum atomic E-state index is -5.18. The Hall–Kier alpha value is -4.07. The number of aliphatic hydroxyl groups is 2. The molecule has 3 heterocycles. The smallest absolute Gasteiger partial charge is 0.460 e. The average Bonchev–Trinajstić information content (AvgIpc) is 3.33. The van der Waals surface area contributed by atoms with E-state index in [1.54, 1.807) is 41.7 Å². The predicted octanol–water partition coefficient (Wildman–Crippen LogP) is 7.29. The largest absolute Gasteiger partial charge is 0.490 e. The van der Waals surface area contributed by atoms with E-state index >= 15 is 0 Å². The molecule has 3 fully saturated rings. The Bertz CT molecular complexity index is 1980. The number of hydrogen-bond acceptors (Lipinski definition) is 14. The topological polar surface area (TPSA) is 201 Å². The van der Waals surface area contributed by atoms with Crippen molar-refractivity contribution in [1.29, 1.82) is 0 Å². The number of allylic oxidation sites excluding steroid dienone is 6. The van der Waals surface area contributed by atoms with E-state index in [4.69, 9.17) is 28.4 Å². The number of ether oxygens (including phenoxy) is 6. The SMILES string of the molecule is CO[C@H]1C[C@@H]2CC[C@@H](C)[C@@](O)(O2)C(=O)C(=O)N2CCCC[C@H]2C(=O)O[C@H]([C@H](C)C[C@@H]2CC[C@@H](OC(=O)C(F)(F)F)[C@H](OC)C2)CC(=O)[C@H](C)/C=C(\C)[C@@H](O)[C@@H](OC)C(=O)[C@H](C)C[C@H](C)\C=C/C=C/C=C/1C. The first-order valence-corrected chi connectivity index (χ1v) is 25.1. The van der Waals surface area contributed by atoms with Crippen molar-refractivity contribution in [2.24, 2.45) is 35.5 Å². The van der Waals surface area contributed by atoms with Crippen molar-refractivity contribution in [2.45, 2.75) is 186 Å². The van der Waals surface area contributed by atoms with Gasteiger partial charge in [-0.15, -0.1) is 0 Å². The predicted molar refractivity (Wildman–Crippen MR) is 255 cm³/mol. The summed E-state index contributed by atoms with van der Waals surface area (Å²) in [5.74, 6) is -11.6. The van der Waals surface area contributed by atoms with E-state index in [0.717, 1.165) is 10.5 Å². The maximum absolute atomic E-state index is 14.4. The van der Waals surface area contributed by atoms with Crippen LogP contribution < -0.4 is 0 Å². The lowest BCUT2D eigenvalue weighted by Crippen LogP contribution is -2.61. The Morgan fingerprint density at radius 2 is 1.58 bits per heavy atom. The van der Waals surface area contributed by atoms with Crippen LogP contribution in [0, 0.1) is 35.5 Å². The minimum absolute atomic E-state index is 0.00246. The summed E-state index contributed by atoms with van der Waals surface area (Å²) in [5.41, 5.74) is 1.15. The van der Waals surface area contributed by atoms with E-state index in [1.807, 2.05) is 44.2 Å². The highest BCUT2D eigenvalue weighted by Crippen LogP contribution is 2.38. The number of fused-ring (bicyclic) bond motifs is 3. The van der Waals surface area contributed by atoms with E-state index in [2.05, 4.69) is 0 Å². The second kappa shape index (κ2) is 26.8. The molecule has 18 heteroatoms. The summed E-state index contributed by atoms with van der Waals surface area (Å²) in [6.45, 7) is 12.2. The van der Waals surface area contributed by atoms with Gasteiger partial charge in [0.1, 0.15) is 36.2 Å². The summed E-state index contributed by atoms with van der Waals surface area (Å²) in [6, 6.07) is -1.26. The van der Waals surface area contributed by atoms with Gasteiger partial charge in [-0.2, -0.15) is 13.2 Å². The van der Waals surface area contributed by atoms with E-state index in [1.165, 1.54) is 20.3 Å². The molecule has 0 aromatic carbocycles. The van der Waals surface area contributed by atoms with Crippen LogP contribution in [0.2, 0.25) is 0 Å². The summed E-state index contributed by atoms with van der Waals surface area (Å²) in [4.78, 5) is 83.7. The van der Waals surface area contributed by atoms with Gasteiger partial charge in [-0.3, -0.25) is 19.2 Å². The molecule has 15 nitrogen and oxygen atoms in total. The van der Waals surface area contributed by atoms with E-state index in [0.29, 0.717) is 50.5 Å². The quantitative estimate of drug-likeness (QED) is 0.146. The number of Topliss-reactive ketones (excluding diaryl/α,β-unsaturated/α-hetero) is 3. The number of carbonyl (C=O) groups excluding carboxylic acids is 6. The first-order valence-electron chi connectivity index (χ1n) is 25.1. The summed E-state index contributed by atoms with van der Waals surface area (Å²) >= 11 is 0. The number of nitrogens with zero attached hydrogens (tertiary/aromatic N) is 1. The minimum Gasteiger partial charge on any atom is -0.460 e. The third-order valence-corrected chi connectivity index (χ3v) is 14.9. The fraction of sp³-hybridized carbons (Fsp3) is 0.736. The first-order chi connectivity index (χ1) is 33.4. The van der Waals surface area contributed by atoms with Crippen LogP contribution in [-0.4, -0.2) is 139 Å². The monoisotopic (exact) mass is 1010 g/mol. The van der Waals surface area contributed by atoms with Gasteiger partial charge in [-0.25, -0.2) is 9.59 Å². The van der Waals surface area contributed by atoms with Crippen molar-refractivity contribution >= 4 is 35.2 Å². The third kappa shape index (κ3) is 16.0. The van der Waals surface area contributed by atoms with E-state index in [9.17, 15) is 52.2 Å². The number of alkyl halides is 3. The molecule has 1 saturated carbocycles. The van der Waals surface area contributed by atoms with Crippen molar-refractivity contribution in [2.75, 3.05) is 27.9 Å². The number of aliphatic hydroxyl groups excluding tert-OH is 1. The van der Waals surface area contributed by atoms with Crippen molar-refractivity contribution in [3.05, 3.63) is 47.6 Å². The number of ketones is 3. The van der Waals surface area contributed by atoms with Crippen molar-refractivity contribution in [3.63, 3.8) is 0 Å². The Kier molecular flexibility index (Phi) is 22.4. The highest BCUT2D eigenvalue weighted by atomic mass is 19.4. The molecule has 0 unspecified atom stereocenters. The lowest BCUT2D eigenvalue weighted by Gasteiger charge is -2.42. The number of amides is 1. The van der Waals surface area contributed by atoms with Crippen LogP contribution in [0.1, 0.15) is 126 Å². The van der Waals surface area contributed by atoms with Gasteiger partial charge in [0.15, 0.2) is 5.78 Å². The lowest BCUT2D eigenvalue weighted by molar-refractivity contribution is -0.265. The second-order valence-corrected chi connectivity index (χ2v) is 20.5. The Morgan fingerprint density at radius 1 is 0.873 bits per heavy atom. The molecule has 1 aliphatic carbocycles. The van der Waals surface area contributed by atoms with Gasteiger partial charge >= 0.3 is 18.1 Å². The number of carbonyl (C=O) groups is 6. The van der Waals surface area contributed by atoms with Crippen LogP contribution in [0.15, 0.2) is 47.6 Å². The molecule has 0 spiro atoms. The molecular weight excluding hydrogens is 932 g/mol. The molecule has 4 rings (SSSR count). The molecule has 71 heavy (non-hydrogen) atoms. The van der Waals surface area contributed by atoms with Gasteiger partial charge < -0.3 is 43.5 Å². The second-order valence-electron chi connectivity index (χ2n) is 20.5. The number of methoxy groups -OCH3 is 3. The molecule has 2 saturated heterocycles. The summed E-state index contributed by atoms with van der Waals surface area (Å²) in [6.07, 6.45) is 2.09. The normalized spacial score (nSPS) is 38.2. The van der Waals surface area contributed by atoms with Gasteiger partial charge in [-0.05, 0) is 107 Å². The van der Waals surface area contributed by atoms with Gasteiger partial charge in [0.25, 0.3) is 11.7 Å². The number of piperidine rings is 1. The summed E-state index contributed by atoms with van der Waals surface area (Å²) < 4.78 is 73.2. The molecule has 0 aromatic heterocycles. The molecule has 2 N–H and O–H groups in total. The molecule has 15 atom stereocenters. The molecule has 2 bridgehead atoms. The van der Waals surface area contributed by atoms with Crippen molar-refractivity contribution in [3.8, 4) is 0 Å². The Morgan fingerprint density at radius 3 is 2.23 bits per heavy atom. The zero-order chi connectivity index (χ0) is 53.0. The zero-order valence-corrected chi connectivity index (χ0v) is 43.1. The molecule has 0 aromatic rings. The van der Waals surface area contributed by atoms with Crippen LogP contribution in [0.25, 0.3) is 0 Å². The van der Waals surface area contributed by atoms with Crippen LogP contribution in [-0.2, 0) is 57.2 Å². The van der Waals surface area contributed by atoms with Gasteiger partial charge in [0, 0.05) is 58.5 Å². The van der Waals surface area contributed by atoms with Crippen LogP contribution in [0.4, 0.5) is 13.2 Å². The van der Waals surface area contributed by atoms with Gasteiger partial charge in [-0.1, -0.05) is 71.1 Å². The first kappa shape index (κ1) is 59.5. The van der Waals surface area contributed by atoms with Crippen LogP contribution in [0.3, 0.4) is 0 Å². The molecule has 400 valence electrons. The van der Waals surface area contributed by atoms with Crippen LogP contribution in [0.5, 0.6) is 0 Å². The van der Waals surface area contributed by atoms with Crippen LogP contribution >= 0.6 is 0 Å². The molecular formula is C53H78F3NO14. The van der Waals surface area contributed by atoms with Gasteiger partial charge in [0.05, 0.1) is 18.3 Å². The molecule has 0 radical (unpaired) electrons. The molecule has 3 aliphatic heterocycles.